The lowest BCUT2D eigenvalue weighted by Crippen LogP contribution is -2.17. The Morgan fingerprint density at radius 2 is 1.89 bits per heavy atom. The number of imidazole rings is 1. The second kappa shape index (κ2) is 9.80. The predicted octanol–water partition coefficient (Wildman–Crippen LogP) is 3.81. The van der Waals surface area contributed by atoms with Gasteiger partial charge in [0.15, 0.2) is 11.2 Å². The van der Waals surface area contributed by atoms with Crippen molar-refractivity contribution >= 4 is 23.3 Å². The fourth-order valence-corrected chi connectivity index (χ4v) is 3.59. The Labute approximate surface area is 201 Å². The molecule has 1 aliphatic rings. The third-order valence-electron chi connectivity index (χ3n) is 5.66. The molecule has 35 heavy (non-hydrogen) atoms. The van der Waals surface area contributed by atoms with Gasteiger partial charge in [-0.15, -0.1) is 0 Å². The summed E-state index contributed by atoms with van der Waals surface area (Å²) in [5.74, 6) is 2.46. The minimum atomic E-state index is -0.336. The van der Waals surface area contributed by atoms with Crippen LogP contribution >= 0.6 is 0 Å². The molecular weight excluding hydrogens is 448 g/mol. The van der Waals surface area contributed by atoms with E-state index in [1.807, 2.05) is 4.57 Å². The number of hydrazone groups is 1. The van der Waals surface area contributed by atoms with Gasteiger partial charge in [-0.1, -0.05) is 0 Å². The summed E-state index contributed by atoms with van der Waals surface area (Å²) in [6.45, 7) is 0.907. The highest BCUT2D eigenvalue weighted by molar-refractivity contribution is 5.95. The van der Waals surface area contributed by atoms with Gasteiger partial charge >= 0.3 is 0 Å². The minimum absolute atomic E-state index is 0.336. The zero-order valence-corrected chi connectivity index (χ0v) is 19.3. The van der Waals surface area contributed by atoms with Crippen molar-refractivity contribution in [3.8, 4) is 23.1 Å². The van der Waals surface area contributed by atoms with Crippen LogP contribution in [-0.4, -0.2) is 45.9 Å². The van der Waals surface area contributed by atoms with Crippen LogP contribution in [0.4, 0.5) is 0 Å². The number of nitrogens with one attached hydrogen (secondary N) is 1. The Morgan fingerprint density at radius 3 is 2.63 bits per heavy atom. The molecule has 10 nitrogen and oxygen atoms in total. The fourth-order valence-electron chi connectivity index (χ4n) is 3.59. The first-order chi connectivity index (χ1) is 17.1. The van der Waals surface area contributed by atoms with Crippen molar-refractivity contribution in [3.05, 3.63) is 66.2 Å². The number of methoxy groups -OCH3 is 2. The van der Waals surface area contributed by atoms with Gasteiger partial charge in [-0.2, -0.15) is 10.1 Å². The van der Waals surface area contributed by atoms with Crippen LogP contribution in [0.15, 0.2) is 60.2 Å². The van der Waals surface area contributed by atoms with Crippen molar-refractivity contribution in [2.45, 2.75) is 19.4 Å². The van der Waals surface area contributed by atoms with Crippen LogP contribution in [0.1, 0.15) is 28.8 Å². The van der Waals surface area contributed by atoms with Gasteiger partial charge in [0, 0.05) is 23.7 Å². The SMILES string of the molecule is COc1ccc(C(=O)N/N=C/c2ccc(Oc3ncnc4c3ncn4CC3CC3)cc2OC)cc1. The standard InChI is InChI=1S/C25H24N6O4/c1-33-19-8-5-17(6-9-19)24(32)30-29-12-18-7-10-20(11-21(18)34-2)35-25-22-23(26-14-27-25)31(15-28-22)13-16-3-4-16/h5-12,14-16H,3-4,13H2,1-2H3,(H,30,32)/b29-12+. The van der Waals surface area contributed by atoms with Crippen LogP contribution in [0, 0.1) is 5.92 Å². The van der Waals surface area contributed by atoms with Gasteiger partial charge in [-0.3, -0.25) is 4.79 Å². The van der Waals surface area contributed by atoms with Gasteiger partial charge < -0.3 is 18.8 Å². The highest BCUT2D eigenvalue weighted by Crippen LogP contribution is 2.33. The Bertz CT molecular complexity index is 1380. The number of ether oxygens (including phenoxy) is 3. The molecule has 1 aliphatic carbocycles. The van der Waals surface area contributed by atoms with Crippen LogP contribution < -0.4 is 19.6 Å². The molecular formula is C25H24N6O4. The number of carbonyl (C=O) groups is 1. The van der Waals surface area contributed by atoms with Gasteiger partial charge in [0.2, 0.25) is 0 Å². The third-order valence-corrected chi connectivity index (χ3v) is 5.66. The molecule has 2 aromatic carbocycles. The Balaban J connectivity index is 1.28. The summed E-state index contributed by atoms with van der Waals surface area (Å²) in [5.41, 5.74) is 5.00. The average molecular weight is 473 g/mol. The van der Waals surface area contributed by atoms with Gasteiger partial charge in [0.05, 0.1) is 26.8 Å². The second-order valence-corrected chi connectivity index (χ2v) is 8.12. The molecule has 1 fully saturated rings. The van der Waals surface area contributed by atoms with Gasteiger partial charge in [0.1, 0.15) is 23.6 Å². The quantitative estimate of drug-likeness (QED) is 0.291. The number of nitrogens with zero attached hydrogens (tertiary/aromatic N) is 5. The maximum absolute atomic E-state index is 12.3. The number of amides is 1. The van der Waals surface area contributed by atoms with E-state index in [0.29, 0.717) is 45.7 Å². The smallest absolute Gasteiger partial charge is 0.271 e. The summed E-state index contributed by atoms with van der Waals surface area (Å²) in [5, 5.41) is 4.05. The molecule has 0 unspecified atom stereocenters. The predicted molar refractivity (Wildman–Crippen MR) is 129 cm³/mol. The molecule has 1 N–H and O–H groups in total. The lowest BCUT2D eigenvalue weighted by molar-refractivity contribution is 0.0955. The molecule has 5 rings (SSSR count). The van der Waals surface area contributed by atoms with E-state index >= 15 is 0 Å². The molecule has 0 radical (unpaired) electrons. The number of hydrogen-bond acceptors (Lipinski definition) is 8. The second-order valence-electron chi connectivity index (χ2n) is 8.12. The van der Waals surface area contributed by atoms with E-state index in [4.69, 9.17) is 14.2 Å². The summed E-state index contributed by atoms with van der Waals surface area (Å²) in [7, 11) is 3.12. The number of carbonyl (C=O) groups excluding carboxylic acids is 1. The minimum Gasteiger partial charge on any atom is -0.497 e. The van der Waals surface area contributed by atoms with E-state index in [9.17, 15) is 4.79 Å². The number of aromatic nitrogens is 4. The maximum atomic E-state index is 12.3. The monoisotopic (exact) mass is 472 g/mol. The lowest BCUT2D eigenvalue weighted by atomic mass is 10.2. The molecule has 2 aromatic heterocycles. The summed E-state index contributed by atoms with van der Waals surface area (Å²) in [6, 6.07) is 12.0. The molecule has 1 amide bonds. The average Bonchev–Trinajstić information content (AvgIpc) is 3.62. The van der Waals surface area contributed by atoms with Crippen LogP contribution in [0.5, 0.6) is 23.1 Å². The normalized spacial score (nSPS) is 13.2. The Hall–Kier alpha value is -4.47. The van der Waals surface area contributed by atoms with Crippen molar-refractivity contribution in [3.63, 3.8) is 0 Å². The highest BCUT2D eigenvalue weighted by atomic mass is 16.5. The van der Waals surface area contributed by atoms with Crippen LogP contribution in [0.2, 0.25) is 0 Å². The molecule has 0 saturated heterocycles. The number of fused-ring (bicyclic) bond motifs is 1. The molecule has 1 saturated carbocycles. The molecule has 0 bridgehead atoms. The first kappa shape index (κ1) is 22.3. The number of rotatable bonds is 9. The van der Waals surface area contributed by atoms with Crippen LogP contribution in [0.3, 0.4) is 0 Å². The van der Waals surface area contributed by atoms with E-state index in [0.717, 1.165) is 12.2 Å². The molecule has 0 aliphatic heterocycles. The molecule has 178 valence electrons. The zero-order valence-electron chi connectivity index (χ0n) is 19.3. The van der Waals surface area contributed by atoms with Gasteiger partial charge in [0.25, 0.3) is 11.8 Å². The fraction of sp³-hybridized carbons (Fsp3) is 0.240. The summed E-state index contributed by atoms with van der Waals surface area (Å²) in [4.78, 5) is 25.4. The van der Waals surface area contributed by atoms with Crippen molar-refractivity contribution < 1.29 is 19.0 Å². The van der Waals surface area contributed by atoms with E-state index in [1.165, 1.54) is 25.4 Å². The van der Waals surface area contributed by atoms with Crippen molar-refractivity contribution in [2.24, 2.45) is 11.0 Å². The molecule has 0 spiro atoms. The van der Waals surface area contributed by atoms with E-state index in [2.05, 4.69) is 25.5 Å². The Morgan fingerprint density at radius 1 is 1.09 bits per heavy atom. The number of hydrogen-bond donors (Lipinski definition) is 1. The first-order valence-electron chi connectivity index (χ1n) is 11.1. The highest BCUT2D eigenvalue weighted by Gasteiger charge is 2.23. The Kier molecular flexibility index (Phi) is 6.25. The van der Waals surface area contributed by atoms with Crippen LogP contribution in [0.25, 0.3) is 11.2 Å². The van der Waals surface area contributed by atoms with E-state index in [-0.39, 0.29) is 5.91 Å². The largest absolute Gasteiger partial charge is 0.497 e. The van der Waals surface area contributed by atoms with Crippen molar-refractivity contribution in [1.29, 1.82) is 0 Å². The van der Waals surface area contributed by atoms with Crippen molar-refractivity contribution in [2.75, 3.05) is 14.2 Å². The van der Waals surface area contributed by atoms with Crippen molar-refractivity contribution in [1.82, 2.24) is 24.9 Å². The molecule has 10 heteroatoms. The molecule has 4 aromatic rings. The lowest BCUT2D eigenvalue weighted by Gasteiger charge is -2.09. The van der Waals surface area contributed by atoms with Gasteiger partial charge in [-0.25, -0.2) is 15.4 Å². The van der Waals surface area contributed by atoms with E-state index < -0.39 is 0 Å². The van der Waals surface area contributed by atoms with E-state index in [1.54, 1.807) is 63.0 Å². The summed E-state index contributed by atoms with van der Waals surface area (Å²) < 4.78 is 18.6. The number of benzene rings is 2. The first-order valence-corrected chi connectivity index (χ1v) is 11.1. The maximum Gasteiger partial charge on any atom is 0.271 e. The molecule has 0 atom stereocenters. The zero-order chi connectivity index (χ0) is 24.2. The van der Waals surface area contributed by atoms with Crippen LogP contribution in [-0.2, 0) is 6.54 Å². The topological polar surface area (TPSA) is 113 Å². The summed E-state index contributed by atoms with van der Waals surface area (Å²) in [6.07, 6.45) is 7.26. The molecule has 2 heterocycles. The van der Waals surface area contributed by atoms with Gasteiger partial charge in [-0.05, 0) is 55.2 Å². The summed E-state index contributed by atoms with van der Waals surface area (Å²) >= 11 is 0. The third kappa shape index (κ3) is 5.06.